The minimum Gasteiger partial charge on any atom is -0.384 e. The van der Waals surface area contributed by atoms with Crippen LogP contribution in [0.5, 0.6) is 0 Å². The Labute approximate surface area is 126 Å². The highest BCUT2D eigenvalue weighted by atomic mass is 32.2. The van der Waals surface area contributed by atoms with Crippen LogP contribution in [0, 0.1) is 17.3 Å². The third-order valence-corrected chi connectivity index (χ3v) is 5.58. The molecule has 5 heteroatoms. The molecule has 1 aromatic carbocycles. The SMILES string of the molecule is CC1(C)CCCN(S(=O)(=O)c2ccccc2C#CCO)C1. The van der Waals surface area contributed by atoms with Crippen LogP contribution in [-0.4, -0.2) is 37.5 Å². The van der Waals surface area contributed by atoms with Crippen molar-refractivity contribution in [1.29, 1.82) is 0 Å². The quantitative estimate of drug-likeness (QED) is 0.848. The van der Waals surface area contributed by atoms with E-state index in [2.05, 4.69) is 25.7 Å². The lowest BCUT2D eigenvalue weighted by Gasteiger charge is -2.37. The Morgan fingerprint density at radius 2 is 2.05 bits per heavy atom. The van der Waals surface area contributed by atoms with Gasteiger partial charge in [0.25, 0.3) is 0 Å². The standard InChI is InChI=1S/C16H21NO3S/c1-16(2)10-6-11-17(13-16)21(19,20)15-9-4-3-7-14(15)8-5-12-18/h3-4,7,9,18H,6,10-13H2,1-2H3. The molecule has 1 aromatic rings. The summed E-state index contributed by atoms with van der Waals surface area (Å²) >= 11 is 0. The third-order valence-electron chi connectivity index (χ3n) is 3.67. The summed E-state index contributed by atoms with van der Waals surface area (Å²) in [7, 11) is -3.54. The Kier molecular flexibility index (Phi) is 4.72. The van der Waals surface area contributed by atoms with Crippen molar-refractivity contribution in [3.63, 3.8) is 0 Å². The van der Waals surface area contributed by atoms with E-state index < -0.39 is 10.0 Å². The summed E-state index contributed by atoms with van der Waals surface area (Å²) in [6.07, 6.45) is 1.90. The summed E-state index contributed by atoms with van der Waals surface area (Å²) in [6, 6.07) is 6.70. The van der Waals surface area contributed by atoms with Crippen molar-refractivity contribution in [3.05, 3.63) is 29.8 Å². The van der Waals surface area contributed by atoms with Crippen LogP contribution in [0.4, 0.5) is 0 Å². The monoisotopic (exact) mass is 307 g/mol. The second kappa shape index (κ2) is 6.18. The molecule has 1 heterocycles. The number of piperidine rings is 1. The lowest BCUT2D eigenvalue weighted by atomic mass is 9.85. The molecular formula is C16H21NO3S. The van der Waals surface area contributed by atoms with Gasteiger partial charge >= 0.3 is 0 Å². The van der Waals surface area contributed by atoms with Gasteiger partial charge in [0.2, 0.25) is 10.0 Å². The first-order valence-corrected chi connectivity index (χ1v) is 8.50. The summed E-state index contributed by atoms with van der Waals surface area (Å²) in [5, 5.41) is 8.81. The topological polar surface area (TPSA) is 57.6 Å². The zero-order valence-corrected chi connectivity index (χ0v) is 13.3. The van der Waals surface area contributed by atoms with Gasteiger partial charge in [-0.05, 0) is 30.4 Å². The molecule has 0 radical (unpaired) electrons. The average molecular weight is 307 g/mol. The van der Waals surface area contributed by atoms with E-state index in [-0.39, 0.29) is 16.9 Å². The first kappa shape index (κ1) is 16.0. The predicted molar refractivity (Wildman–Crippen MR) is 82.2 cm³/mol. The number of sulfonamides is 1. The molecule has 1 aliphatic heterocycles. The Bertz CT molecular complexity index is 668. The van der Waals surface area contributed by atoms with Crippen LogP contribution in [0.2, 0.25) is 0 Å². The highest BCUT2D eigenvalue weighted by Gasteiger charge is 2.34. The molecule has 0 aliphatic carbocycles. The number of rotatable bonds is 2. The van der Waals surface area contributed by atoms with Gasteiger partial charge in [-0.1, -0.05) is 37.8 Å². The molecule has 114 valence electrons. The first-order valence-electron chi connectivity index (χ1n) is 7.06. The summed E-state index contributed by atoms with van der Waals surface area (Å²) in [6.45, 7) is 4.97. The number of benzene rings is 1. The molecule has 1 aliphatic rings. The van der Waals surface area contributed by atoms with Crippen LogP contribution >= 0.6 is 0 Å². The zero-order valence-electron chi connectivity index (χ0n) is 12.5. The van der Waals surface area contributed by atoms with E-state index in [9.17, 15) is 8.42 Å². The van der Waals surface area contributed by atoms with Crippen molar-refractivity contribution in [1.82, 2.24) is 4.31 Å². The number of aliphatic hydroxyl groups excluding tert-OH is 1. The second-order valence-electron chi connectivity index (χ2n) is 6.06. The Morgan fingerprint density at radius 3 is 2.71 bits per heavy atom. The molecule has 0 aromatic heterocycles. The van der Waals surface area contributed by atoms with E-state index in [0.717, 1.165) is 12.8 Å². The van der Waals surface area contributed by atoms with E-state index >= 15 is 0 Å². The number of aliphatic hydroxyl groups is 1. The van der Waals surface area contributed by atoms with Crippen LogP contribution < -0.4 is 0 Å². The van der Waals surface area contributed by atoms with Gasteiger partial charge in [0.15, 0.2) is 0 Å². The van der Waals surface area contributed by atoms with E-state index in [0.29, 0.717) is 18.7 Å². The number of hydrogen-bond acceptors (Lipinski definition) is 3. The highest BCUT2D eigenvalue weighted by molar-refractivity contribution is 7.89. The molecule has 0 saturated carbocycles. The summed E-state index contributed by atoms with van der Waals surface area (Å²) in [4.78, 5) is 0.226. The van der Waals surface area contributed by atoms with Crippen molar-refractivity contribution in [3.8, 4) is 11.8 Å². The van der Waals surface area contributed by atoms with Crippen LogP contribution in [0.15, 0.2) is 29.2 Å². The third kappa shape index (κ3) is 3.65. The van der Waals surface area contributed by atoms with Crippen LogP contribution in [0.25, 0.3) is 0 Å². The molecule has 1 fully saturated rings. The normalized spacial score (nSPS) is 18.8. The summed E-state index contributed by atoms with van der Waals surface area (Å²) < 4.78 is 27.3. The van der Waals surface area contributed by atoms with Gasteiger partial charge in [-0.3, -0.25) is 0 Å². The molecule has 0 spiro atoms. The van der Waals surface area contributed by atoms with E-state index in [4.69, 9.17) is 5.11 Å². The summed E-state index contributed by atoms with van der Waals surface area (Å²) in [5.74, 6) is 5.24. The Morgan fingerprint density at radius 1 is 1.33 bits per heavy atom. The molecule has 2 rings (SSSR count). The van der Waals surface area contributed by atoms with Crippen molar-refractivity contribution < 1.29 is 13.5 Å². The van der Waals surface area contributed by atoms with Gasteiger partial charge in [-0.15, -0.1) is 0 Å². The fourth-order valence-electron chi connectivity index (χ4n) is 2.64. The predicted octanol–water partition coefficient (Wildman–Crippen LogP) is 1.84. The molecule has 4 nitrogen and oxygen atoms in total. The minimum absolute atomic E-state index is 0.00294. The Balaban J connectivity index is 2.40. The maximum atomic E-state index is 12.9. The molecule has 1 saturated heterocycles. The molecule has 0 unspecified atom stereocenters. The molecule has 0 bridgehead atoms. The van der Waals surface area contributed by atoms with E-state index in [1.165, 1.54) is 0 Å². The van der Waals surface area contributed by atoms with Gasteiger partial charge in [-0.25, -0.2) is 8.42 Å². The lowest BCUT2D eigenvalue weighted by Crippen LogP contribution is -2.43. The number of nitrogens with zero attached hydrogens (tertiary/aromatic N) is 1. The molecule has 21 heavy (non-hydrogen) atoms. The van der Waals surface area contributed by atoms with Crippen LogP contribution in [-0.2, 0) is 10.0 Å². The fraction of sp³-hybridized carbons (Fsp3) is 0.500. The van der Waals surface area contributed by atoms with Crippen molar-refractivity contribution in [2.24, 2.45) is 5.41 Å². The van der Waals surface area contributed by atoms with Crippen molar-refractivity contribution in [2.75, 3.05) is 19.7 Å². The highest BCUT2D eigenvalue weighted by Crippen LogP contribution is 2.32. The van der Waals surface area contributed by atoms with Gasteiger partial charge in [-0.2, -0.15) is 4.31 Å². The second-order valence-corrected chi connectivity index (χ2v) is 7.97. The summed E-state index contributed by atoms with van der Waals surface area (Å²) in [5.41, 5.74) is 0.437. The van der Waals surface area contributed by atoms with Crippen molar-refractivity contribution >= 4 is 10.0 Å². The molecule has 0 atom stereocenters. The molecule has 0 amide bonds. The average Bonchev–Trinajstić information content (AvgIpc) is 2.44. The van der Waals surface area contributed by atoms with Gasteiger partial charge in [0.1, 0.15) is 6.61 Å². The maximum Gasteiger partial charge on any atom is 0.244 e. The Hall–Kier alpha value is -1.35. The minimum atomic E-state index is -3.54. The van der Waals surface area contributed by atoms with E-state index in [1.807, 2.05) is 0 Å². The fourth-order valence-corrected chi connectivity index (χ4v) is 4.46. The smallest absolute Gasteiger partial charge is 0.244 e. The van der Waals surface area contributed by atoms with E-state index in [1.54, 1.807) is 28.6 Å². The first-order chi connectivity index (χ1) is 9.87. The van der Waals surface area contributed by atoms with Crippen LogP contribution in [0.3, 0.4) is 0 Å². The molecular weight excluding hydrogens is 286 g/mol. The zero-order chi connectivity index (χ0) is 15.5. The maximum absolute atomic E-state index is 12.9. The van der Waals surface area contributed by atoms with Gasteiger partial charge in [0.05, 0.1) is 4.90 Å². The van der Waals surface area contributed by atoms with Crippen LogP contribution in [0.1, 0.15) is 32.3 Å². The largest absolute Gasteiger partial charge is 0.384 e. The number of hydrogen-bond donors (Lipinski definition) is 1. The van der Waals surface area contributed by atoms with Crippen molar-refractivity contribution in [2.45, 2.75) is 31.6 Å². The molecule has 1 N–H and O–H groups in total. The van der Waals surface area contributed by atoms with Gasteiger partial charge < -0.3 is 5.11 Å². The lowest BCUT2D eigenvalue weighted by molar-refractivity contribution is 0.187. The van der Waals surface area contributed by atoms with Gasteiger partial charge in [0, 0.05) is 18.7 Å².